The fourth-order valence-corrected chi connectivity index (χ4v) is 6.13. The topological polar surface area (TPSA) is 94.3 Å². The third-order valence-electron chi connectivity index (χ3n) is 7.41. The van der Waals surface area contributed by atoms with Crippen LogP contribution in [0.3, 0.4) is 0 Å². The van der Waals surface area contributed by atoms with Gasteiger partial charge in [-0.2, -0.15) is 0 Å². The highest BCUT2D eigenvalue weighted by atomic mass is 16.2. The van der Waals surface area contributed by atoms with Crippen LogP contribution in [0.15, 0.2) is 54.7 Å². The lowest BCUT2D eigenvalue weighted by atomic mass is 9.76. The molecule has 2 fully saturated rings. The first-order chi connectivity index (χ1) is 15.7. The number of aromatic amines is 1. The normalized spacial score (nSPS) is 28.6. The number of hydrogen-bond donors (Lipinski definition) is 3. The number of carbonyl (C=O) groups excluding carboxylic acids is 3. The van der Waals surface area contributed by atoms with Crippen molar-refractivity contribution in [2.75, 3.05) is 5.32 Å². The van der Waals surface area contributed by atoms with E-state index >= 15 is 0 Å². The van der Waals surface area contributed by atoms with Crippen LogP contribution in [0, 0.1) is 11.8 Å². The van der Waals surface area contributed by atoms with Crippen LogP contribution in [0.25, 0.3) is 10.9 Å². The van der Waals surface area contributed by atoms with Gasteiger partial charge < -0.3 is 10.3 Å². The lowest BCUT2D eigenvalue weighted by molar-refractivity contribution is -0.147. The Morgan fingerprint density at radius 1 is 0.970 bits per heavy atom. The van der Waals surface area contributed by atoms with Gasteiger partial charge in [-0.1, -0.05) is 36.4 Å². The number of imide groups is 1. The Morgan fingerprint density at radius 3 is 2.48 bits per heavy atom. The Morgan fingerprint density at radius 2 is 1.70 bits per heavy atom. The maximum Gasteiger partial charge on any atom is 0.250 e. The molecule has 168 valence electrons. The molecule has 0 radical (unpaired) electrons. The van der Waals surface area contributed by atoms with Crippen molar-refractivity contribution in [3.8, 4) is 0 Å². The number of aromatic nitrogens is 1. The van der Waals surface area contributed by atoms with Gasteiger partial charge >= 0.3 is 0 Å². The zero-order chi connectivity index (χ0) is 23.1. The van der Waals surface area contributed by atoms with E-state index in [-0.39, 0.29) is 23.8 Å². The summed E-state index contributed by atoms with van der Waals surface area (Å²) in [6, 6.07) is 15.1. The predicted molar refractivity (Wildman–Crippen MR) is 124 cm³/mol. The Kier molecular flexibility index (Phi) is 4.00. The summed E-state index contributed by atoms with van der Waals surface area (Å²) < 4.78 is 0. The van der Waals surface area contributed by atoms with Crippen molar-refractivity contribution >= 4 is 34.3 Å². The molecular weight excluding hydrogens is 416 g/mol. The monoisotopic (exact) mass is 442 g/mol. The zero-order valence-corrected chi connectivity index (χ0v) is 18.8. The second-order valence-corrected chi connectivity index (χ2v) is 10.3. The van der Waals surface area contributed by atoms with Gasteiger partial charge in [0, 0.05) is 39.9 Å². The summed E-state index contributed by atoms with van der Waals surface area (Å²) >= 11 is 0. The lowest BCUT2D eigenvalue weighted by Gasteiger charge is -2.34. The van der Waals surface area contributed by atoms with E-state index in [1.807, 2.05) is 75.5 Å². The van der Waals surface area contributed by atoms with E-state index in [4.69, 9.17) is 0 Å². The highest BCUT2D eigenvalue weighted by Crippen LogP contribution is 2.54. The lowest BCUT2D eigenvalue weighted by Crippen LogP contribution is -2.56. The highest BCUT2D eigenvalue weighted by molar-refractivity contribution is 6.15. The maximum absolute atomic E-state index is 13.8. The Bertz CT molecular complexity index is 1340. The van der Waals surface area contributed by atoms with Crippen molar-refractivity contribution in [1.82, 2.24) is 15.2 Å². The number of anilines is 1. The van der Waals surface area contributed by atoms with Crippen molar-refractivity contribution in [3.63, 3.8) is 0 Å². The Hall–Kier alpha value is -3.45. The van der Waals surface area contributed by atoms with Gasteiger partial charge in [0.05, 0.1) is 11.8 Å². The van der Waals surface area contributed by atoms with Gasteiger partial charge in [0.25, 0.3) is 0 Å². The van der Waals surface area contributed by atoms with Gasteiger partial charge in [0.1, 0.15) is 5.54 Å². The predicted octanol–water partition coefficient (Wildman–Crippen LogP) is 2.93. The molecule has 33 heavy (non-hydrogen) atoms. The number of hydrogen-bond acceptors (Lipinski definition) is 4. The summed E-state index contributed by atoms with van der Waals surface area (Å²) in [4.78, 5) is 45.7. The van der Waals surface area contributed by atoms with E-state index < -0.39 is 22.9 Å². The van der Waals surface area contributed by atoms with Crippen LogP contribution >= 0.6 is 0 Å². The van der Waals surface area contributed by atoms with Gasteiger partial charge in [-0.25, -0.2) is 0 Å². The van der Waals surface area contributed by atoms with Crippen LogP contribution in [-0.2, 0) is 26.3 Å². The van der Waals surface area contributed by atoms with E-state index in [0.29, 0.717) is 12.1 Å². The highest BCUT2D eigenvalue weighted by Gasteiger charge is 2.71. The molecule has 3 aromatic rings. The van der Waals surface area contributed by atoms with Gasteiger partial charge in [-0.3, -0.25) is 24.6 Å². The van der Waals surface area contributed by atoms with Crippen molar-refractivity contribution in [2.24, 2.45) is 11.8 Å². The smallest absolute Gasteiger partial charge is 0.250 e. The molecule has 1 spiro atoms. The van der Waals surface area contributed by atoms with Crippen molar-refractivity contribution in [2.45, 2.75) is 44.3 Å². The van der Waals surface area contributed by atoms with Gasteiger partial charge in [0.15, 0.2) is 0 Å². The molecule has 4 heterocycles. The first-order valence-corrected chi connectivity index (χ1v) is 11.3. The number of likely N-dealkylation sites (tertiary alicyclic amines) is 1. The third-order valence-corrected chi connectivity index (χ3v) is 7.41. The fourth-order valence-electron chi connectivity index (χ4n) is 6.13. The molecule has 0 unspecified atom stereocenters. The molecule has 0 saturated carbocycles. The number of rotatable bonds is 2. The molecular formula is C26H26N4O3. The minimum Gasteiger partial charge on any atom is -0.361 e. The van der Waals surface area contributed by atoms with Crippen molar-refractivity contribution in [3.05, 3.63) is 65.9 Å². The fraction of sp³-hybridized carbons (Fsp3) is 0.346. The average molecular weight is 443 g/mol. The zero-order valence-electron chi connectivity index (χ0n) is 18.8. The molecule has 1 aromatic heterocycles. The molecule has 0 bridgehead atoms. The summed E-state index contributed by atoms with van der Waals surface area (Å²) in [5.74, 6) is -2.16. The first-order valence-electron chi connectivity index (χ1n) is 11.3. The third kappa shape index (κ3) is 2.57. The van der Waals surface area contributed by atoms with Gasteiger partial charge in [-0.05, 0) is 44.9 Å². The minimum absolute atomic E-state index is 0.205. The van der Waals surface area contributed by atoms with E-state index in [2.05, 4.69) is 15.6 Å². The van der Waals surface area contributed by atoms with Crippen molar-refractivity contribution < 1.29 is 14.4 Å². The molecule has 7 nitrogen and oxygen atoms in total. The quantitative estimate of drug-likeness (QED) is 0.532. The number of amides is 3. The summed E-state index contributed by atoms with van der Waals surface area (Å²) in [5, 5.41) is 7.55. The summed E-state index contributed by atoms with van der Waals surface area (Å²) in [7, 11) is 0. The molecule has 3 aliphatic heterocycles. The Balaban J connectivity index is 1.50. The van der Waals surface area contributed by atoms with Crippen molar-refractivity contribution in [1.29, 1.82) is 0 Å². The van der Waals surface area contributed by atoms with Crippen LogP contribution in [0.5, 0.6) is 0 Å². The number of benzene rings is 2. The molecule has 2 saturated heterocycles. The second-order valence-electron chi connectivity index (χ2n) is 10.3. The van der Waals surface area contributed by atoms with E-state index in [1.54, 1.807) is 0 Å². The van der Waals surface area contributed by atoms with Gasteiger partial charge in [0.2, 0.25) is 17.7 Å². The maximum atomic E-state index is 13.8. The van der Waals surface area contributed by atoms with Crippen LogP contribution in [0.2, 0.25) is 0 Å². The minimum atomic E-state index is -1.26. The SMILES string of the molecule is CC(C)(C)N1C(=O)[C@@H]2[C@H](Cc3c[nH]c4ccccc34)N[C@@]3(C(=O)Nc4ccccc43)[C@@H]2C1=O. The van der Waals surface area contributed by atoms with E-state index in [0.717, 1.165) is 22.0 Å². The molecule has 0 aliphatic carbocycles. The summed E-state index contributed by atoms with van der Waals surface area (Å²) in [5.41, 5.74) is 1.58. The standard InChI is InChI=1S/C26H26N4O3/c1-25(2,3)30-22(31)20-19(12-14-13-27-17-10-6-4-8-15(14)17)29-26(21(20)23(30)32)16-9-5-7-11-18(16)28-24(26)33/h4-11,13,19-21,27,29H,12H2,1-3H3,(H,28,33)/t19-,20+,21-,26+/m0/s1. The molecule has 3 amide bonds. The molecule has 3 aliphatic rings. The second kappa shape index (κ2) is 6.54. The van der Waals surface area contributed by atoms with Gasteiger partial charge in [-0.15, -0.1) is 0 Å². The van der Waals surface area contributed by atoms with Crippen LogP contribution in [-0.4, -0.2) is 39.2 Å². The van der Waals surface area contributed by atoms with Crippen LogP contribution in [0.4, 0.5) is 5.69 Å². The molecule has 3 N–H and O–H groups in total. The molecule has 6 rings (SSSR count). The number of para-hydroxylation sites is 2. The molecule has 4 atom stereocenters. The molecule has 7 heteroatoms. The summed E-state index contributed by atoms with van der Waals surface area (Å²) in [6.45, 7) is 5.59. The number of nitrogens with one attached hydrogen (secondary N) is 3. The number of fused-ring (bicyclic) bond motifs is 5. The van der Waals surface area contributed by atoms with Crippen LogP contribution < -0.4 is 10.6 Å². The first kappa shape index (κ1) is 20.2. The largest absolute Gasteiger partial charge is 0.361 e. The summed E-state index contributed by atoms with van der Waals surface area (Å²) in [6.07, 6.45) is 2.48. The number of H-pyrrole nitrogens is 1. The van der Waals surface area contributed by atoms with E-state index in [9.17, 15) is 14.4 Å². The van der Waals surface area contributed by atoms with E-state index in [1.165, 1.54) is 4.90 Å². The molecule has 2 aromatic carbocycles. The number of carbonyl (C=O) groups is 3. The van der Waals surface area contributed by atoms with Crippen LogP contribution in [0.1, 0.15) is 31.9 Å². The number of nitrogens with zero attached hydrogens (tertiary/aromatic N) is 1. The Labute approximate surface area is 191 Å². The average Bonchev–Trinajstić information content (AvgIpc) is 3.47.